The first kappa shape index (κ1) is 17.0. The van der Waals surface area contributed by atoms with E-state index >= 15 is 0 Å². The van der Waals surface area contributed by atoms with Gasteiger partial charge in [-0.1, -0.05) is 20.8 Å². The molecule has 1 aromatic rings. The van der Waals surface area contributed by atoms with Gasteiger partial charge in [0, 0.05) is 5.56 Å². The molecule has 112 valence electrons. The lowest BCUT2D eigenvalue weighted by Crippen LogP contribution is -2.18. The van der Waals surface area contributed by atoms with Crippen LogP contribution in [0.3, 0.4) is 0 Å². The van der Waals surface area contributed by atoms with E-state index in [1.807, 2.05) is 6.07 Å². The van der Waals surface area contributed by atoms with Gasteiger partial charge < -0.3 is 14.6 Å². The monoisotopic (exact) mass is 344 g/mol. The fourth-order valence-corrected chi connectivity index (χ4v) is 2.45. The van der Waals surface area contributed by atoms with E-state index in [-0.39, 0.29) is 12.0 Å². The van der Waals surface area contributed by atoms with Crippen LogP contribution < -0.4 is 4.74 Å². The number of aliphatic hydroxyl groups excluding tert-OH is 1. The number of benzene rings is 1. The molecule has 0 aliphatic heterocycles. The molecule has 1 rings (SSSR count). The smallest absolute Gasteiger partial charge is 0.339 e. The molecular weight excluding hydrogens is 324 g/mol. The molecule has 1 aromatic carbocycles. The predicted octanol–water partition coefficient (Wildman–Crippen LogP) is 3.35. The van der Waals surface area contributed by atoms with Crippen molar-refractivity contribution in [2.75, 3.05) is 13.7 Å². The van der Waals surface area contributed by atoms with Gasteiger partial charge >= 0.3 is 5.97 Å². The maximum Gasteiger partial charge on any atom is 0.339 e. The zero-order valence-electron chi connectivity index (χ0n) is 12.5. The van der Waals surface area contributed by atoms with Crippen molar-refractivity contribution in [2.24, 2.45) is 0 Å². The fourth-order valence-electron chi connectivity index (χ4n) is 1.81. The highest BCUT2D eigenvalue weighted by Gasteiger charge is 2.27. The summed E-state index contributed by atoms with van der Waals surface area (Å²) in [6, 6.07) is 3.71. The van der Waals surface area contributed by atoms with Crippen molar-refractivity contribution in [2.45, 2.75) is 39.2 Å². The lowest BCUT2D eigenvalue weighted by atomic mass is 9.85. The van der Waals surface area contributed by atoms with Gasteiger partial charge in [-0.2, -0.15) is 0 Å². The van der Waals surface area contributed by atoms with Gasteiger partial charge in [0.1, 0.15) is 5.75 Å². The third kappa shape index (κ3) is 3.73. The number of ether oxygens (including phenoxy) is 2. The lowest BCUT2D eigenvalue weighted by Gasteiger charge is -2.23. The van der Waals surface area contributed by atoms with Crippen molar-refractivity contribution in [3.05, 3.63) is 27.7 Å². The third-order valence-corrected chi connectivity index (χ3v) is 3.54. The maximum absolute atomic E-state index is 11.7. The molecule has 1 N–H and O–H groups in total. The summed E-state index contributed by atoms with van der Waals surface area (Å²) in [5, 5.41) is 10.2. The van der Waals surface area contributed by atoms with Crippen LogP contribution in [0.4, 0.5) is 0 Å². The van der Waals surface area contributed by atoms with E-state index < -0.39 is 12.1 Å². The summed E-state index contributed by atoms with van der Waals surface area (Å²) in [5.74, 6) is -0.234. The number of rotatable bonds is 4. The second-order valence-electron chi connectivity index (χ2n) is 5.49. The highest BCUT2D eigenvalue weighted by atomic mass is 79.9. The van der Waals surface area contributed by atoms with Crippen LogP contribution in [0.25, 0.3) is 0 Å². The number of hydrogen-bond acceptors (Lipinski definition) is 4. The van der Waals surface area contributed by atoms with E-state index in [0.29, 0.717) is 15.8 Å². The first-order valence-electron chi connectivity index (χ1n) is 6.45. The number of carbonyl (C=O) groups excluding carboxylic acids is 1. The average Bonchev–Trinajstić information content (AvgIpc) is 2.36. The number of hydrogen-bond donors (Lipinski definition) is 1. The quantitative estimate of drug-likeness (QED) is 0.851. The van der Waals surface area contributed by atoms with Crippen LogP contribution in [0.15, 0.2) is 16.6 Å². The van der Waals surface area contributed by atoms with Crippen molar-refractivity contribution >= 4 is 21.9 Å². The Morgan fingerprint density at radius 2 is 2.00 bits per heavy atom. The maximum atomic E-state index is 11.7. The van der Waals surface area contributed by atoms with Crippen LogP contribution in [-0.2, 0) is 14.9 Å². The third-order valence-electron chi connectivity index (χ3n) is 2.95. The number of aliphatic hydroxyl groups is 1. The summed E-state index contributed by atoms with van der Waals surface area (Å²) in [6.45, 7) is 8.09. The molecule has 1 atom stereocenters. The standard InChI is InChI=1S/C15H21BrO4/c1-6-20-14(18)12(17)10-7-9(15(2,3)4)8-11(16)13(10)19-5/h7-8,12,17H,6H2,1-5H3. The van der Waals surface area contributed by atoms with Crippen LogP contribution in [0, 0.1) is 0 Å². The lowest BCUT2D eigenvalue weighted by molar-refractivity contribution is -0.153. The minimum absolute atomic E-state index is 0.113. The Kier molecular flexibility index (Phi) is 5.59. The predicted molar refractivity (Wildman–Crippen MR) is 81.0 cm³/mol. The van der Waals surface area contributed by atoms with Gasteiger partial charge in [0.25, 0.3) is 0 Å². The Morgan fingerprint density at radius 1 is 1.40 bits per heavy atom. The van der Waals surface area contributed by atoms with Gasteiger partial charge in [-0.3, -0.25) is 0 Å². The summed E-state index contributed by atoms with van der Waals surface area (Å²) in [5.41, 5.74) is 1.28. The Morgan fingerprint density at radius 3 is 2.45 bits per heavy atom. The van der Waals surface area contributed by atoms with Crippen molar-refractivity contribution < 1.29 is 19.4 Å². The van der Waals surface area contributed by atoms with E-state index in [1.165, 1.54) is 7.11 Å². The molecule has 0 bridgehead atoms. The zero-order chi connectivity index (χ0) is 15.5. The normalized spacial score (nSPS) is 12.9. The molecule has 0 aromatic heterocycles. The molecular formula is C15H21BrO4. The van der Waals surface area contributed by atoms with Gasteiger partial charge in [0.05, 0.1) is 18.2 Å². The highest BCUT2D eigenvalue weighted by Crippen LogP contribution is 2.38. The number of carbonyl (C=O) groups is 1. The molecule has 0 aliphatic rings. The minimum atomic E-state index is -1.36. The second kappa shape index (κ2) is 6.59. The Labute approximate surface area is 128 Å². The SMILES string of the molecule is CCOC(=O)C(O)c1cc(C(C)(C)C)cc(Br)c1OC. The molecule has 0 heterocycles. The summed E-state index contributed by atoms with van der Waals surface area (Å²) in [6.07, 6.45) is -1.36. The molecule has 0 amide bonds. The fraction of sp³-hybridized carbons (Fsp3) is 0.533. The summed E-state index contributed by atoms with van der Waals surface area (Å²) in [7, 11) is 1.50. The van der Waals surface area contributed by atoms with Crippen molar-refractivity contribution in [3.8, 4) is 5.75 Å². The van der Waals surface area contributed by atoms with Crippen LogP contribution in [0.1, 0.15) is 44.9 Å². The first-order valence-corrected chi connectivity index (χ1v) is 7.24. The van der Waals surface area contributed by atoms with Crippen LogP contribution in [0.5, 0.6) is 5.75 Å². The molecule has 0 saturated heterocycles. The first-order chi connectivity index (χ1) is 9.22. The highest BCUT2D eigenvalue weighted by molar-refractivity contribution is 9.10. The Hall–Kier alpha value is -1.07. The molecule has 4 nitrogen and oxygen atoms in total. The van der Waals surface area contributed by atoms with Crippen molar-refractivity contribution in [1.29, 1.82) is 0 Å². The molecule has 0 fully saturated rings. The summed E-state index contributed by atoms with van der Waals surface area (Å²) < 4.78 is 10.8. The molecule has 0 aliphatic carbocycles. The van der Waals surface area contributed by atoms with Gasteiger partial charge in [-0.05, 0) is 46.0 Å². The van der Waals surface area contributed by atoms with Gasteiger partial charge in [-0.15, -0.1) is 0 Å². The van der Waals surface area contributed by atoms with Crippen LogP contribution in [0.2, 0.25) is 0 Å². The van der Waals surface area contributed by atoms with Gasteiger partial charge in [0.15, 0.2) is 6.10 Å². The number of methoxy groups -OCH3 is 1. The largest absolute Gasteiger partial charge is 0.495 e. The second-order valence-corrected chi connectivity index (χ2v) is 6.34. The molecule has 5 heteroatoms. The van der Waals surface area contributed by atoms with E-state index in [0.717, 1.165) is 5.56 Å². The minimum Gasteiger partial charge on any atom is -0.495 e. The van der Waals surface area contributed by atoms with E-state index in [4.69, 9.17) is 9.47 Å². The Balaban J connectivity index is 3.35. The molecule has 1 unspecified atom stereocenters. The van der Waals surface area contributed by atoms with Crippen molar-refractivity contribution in [1.82, 2.24) is 0 Å². The van der Waals surface area contributed by atoms with Gasteiger partial charge in [0.2, 0.25) is 0 Å². The molecule has 0 spiro atoms. The number of halogens is 1. The van der Waals surface area contributed by atoms with E-state index in [1.54, 1.807) is 13.0 Å². The van der Waals surface area contributed by atoms with E-state index in [9.17, 15) is 9.90 Å². The summed E-state index contributed by atoms with van der Waals surface area (Å²) >= 11 is 3.42. The summed E-state index contributed by atoms with van der Waals surface area (Å²) in [4.78, 5) is 11.7. The zero-order valence-corrected chi connectivity index (χ0v) is 14.1. The molecule has 20 heavy (non-hydrogen) atoms. The van der Waals surface area contributed by atoms with Crippen LogP contribution in [-0.4, -0.2) is 24.8 Å². The number of esters is 1. The molecule has 0 saturated carbocycles. The molecule has 0 radical (unpaired) electrons. The Bertz CT molecular complexity index is 491. The van der Waals surface area contributed by atoms with Gasteiger partial charge in [-0.25, -0.2) is 4.79 Å². The average molecular weight is 345 g/mol. The topological polar surface area (TPSA) is 55.8 Å². The van der Waals surface area contributed by atoms with E-state index in [2.05, 4.69) is 36.7 Å². The van der Waals surface area contributed by atoms with Crippen LogP contribution >= 0.6 is 15.9 Å². The van der Waals surface area contributed by atoms with Crippen molar-refractivity contribution in [3.63, 3.8) is 0 Å².